The van der Waals surface area contributed by atoms with Crippen molar-refractivity contribution in [2.45, 2.75) is 32.6 Å². The number of amides is 1. The van der Waals surface area contributed by atoms with Crippen molar-refractivity contribution in [1.82, 2.24) is 4.90 Å². The highest BCUT2D eigenvalue weighted by molar-refractivity contribution is 5.77. The third-order valence-electron chi connectivity index (χ3n) is 2.49. The predicted molar refractivity (Wildman–Crippen MR) is 49.8 cm³/mol. The van der Waals surface area contributed by atoms with Crippen LogP contribution in [0.4, 0.5) is 0 Å². The van der Waals surface area contributed by atoms with E-state index < -0.39 is 0 Å². The molecule has 1 atom stereocenters. The molecule has 1 amide bonds. The Kier molecular flexibility index (Phi) is 3.75. The SMILES string of the molecule is CCCCN1CCC(C#N)CC1=O. The quantitative estimate of drug-likeness (QED) is 0.661. The maximum Gasteiger partial charge on any atom is 0.223 e. The smallest absolute Gasteiger partial charge is 0.223 e. The van der Waals surface area contributed by atoms with E-state index in [2.05, 4.69) is 13.0 Å². The molecule has 1 aliphatic rings. The van der Waals surface area contributed by atoms with Crippen molar-refractivity contribution in [3.8, 4) is 6.07 Å². The molecule has 0 bridgehead atoms. The van der Waals surface area contributed by atoms with Crippen LogP contribution >= 0.6 is 0 Å². The lowest BCUT2D eigenvalue weighted by Crippen LogP contribution is -2.38. The number of rotatable bonds is 3. The normalized spacial score (nSPS) is 22.9. The van der Waals surface area contributed by atoms with Crippen molar-refractivity contribution in [2.75, 3.05) is 13.1 Å². The number of likely N-dealkylation sites (tertiary alicyclic amines) is 1. The van der Waals surface area contributed by atoms with Gasteiger partial charge < -0.3 is 4.90 Å². The molecule has 0 N–H and O–H groups in total. The summed E-state index contributed by atoms with van der Waals surface area (Å²) in [6.07, 6.45) is 3.47. The second-order valence-corrected chi connectivity index (χ2v) is 3.55. The van der Waals surface area contributed by atoms with Crippen LogP contribution in [0.3, 0.4) is 0 Å². The van der Waals surface area contributed by atoms with Crippen molar-refractivity contribution < 1.29 is 4.79 Å². The fraction of sp³-hybridized carbons (Fsp3) is 0.800. The van der Waals surface area contributed by atoms with E-state index in [1.807, 2.05) is 4.90 Å². The first-order valence-corrected chi connectivity index (χ1v) is 4.95. The fourth-order valence-corrected chi connectivity index (χ4v) is 1.57. The molecule has 1 saturated heterocycles. The van der Waals surface area contributed by atoms with Gasteiger partial charge in [0.15, 0.2) is 0 Å². The number of nitrogens with zero attached hydrogens (tertiary/aromatic N) is 2. The van der Waals surface area contributed by atoms with Crippen molar-refractivity contribution in [1.29, 1.82) is 5.26 Å². The Hall–Kier alpha value is -1.04. The molecule has 1 fully saturated rings. The Morgan fingerprint density at radius 1 is 1.69 bits per heavy atom. The van der Waals surface area contributed by atoms with E-state index in [-0.39, 0.29) is 11.8 Å². The Labute approximate surface area is 79.3 Å². The second-order valence-electron chi connectivity index (χ2n) is 3.55. The van der Waals surface area contributed by atoms with Crippen molar-refractivity contribution in [3.63, 3.8) is 0 Å². The van der Waals surface area contributed by atoms with E-state index in [1.165, 1.54) is 0 Å². The summed E-state index contributed by atoms with van der Waals surface area (Å²) in [6, 6.07) is 2.16. The monoisotopic (exact) mass is 180 g/mol. The number of hydrogen-bond donors (Lipinski definition) is 0. The Balaban J connectivity index is 2.36. The van der Waals surface area contributed by atoms with Crippen LogP contribution in [0, 0.1) is 17.2 Å². The molecule has 0 aromatic heterocycles. The van der Waals surface area contributed by atoms with Gasteiger partial charge in [0.05, 0.1) is 12.0 Å². The molecule has 0 aromatic carbocycles. The van der Waals surface area contributed by atoms with E-state index in [0.29, 0.717) is 6.42 Å². The number of carbonyl (C=O) groups is 1. The summed E-state index contributed by atoms with van der Waals surface area (Å²) in [5.74, 6) is 0.122. The molecule has 1 heterocycles. The third-order valence-corrected chi connectivity index (χ3v) is 2.49. The van der Waals surface area contributed by atoms with Crippen LogP contribution < -0.4 is 0 Å². The number of piperidine rings is 1. The Bertz CT molecular complexity index is 219. The molecule has 1 aliphatic heterocycles. The van der Waals surface area contributed by atoms with Crippen LogP contribution in [0.2, 0.25) is 0 Å². The first kappa shape index (κ1) is 10.0. The summed E-state index contributed by atoms with van der Waals surface area (Å²) in [7, 11) is 0. The van der Waals surface area contributed by atoms with Gasteiger partial charge in [-0.3, -0.25) is 4.79 Å². The number of nitriles is 1. The van der Waals surface area contributed by atoms with E-state index >= 15 is 0 Å². The number of unbranched alkanes of at least 4 members (excludes halogenated alkanes) is 1. The number of carbonyl (C=O) groups excluding carboxylic acids is 1. The lowest BCUT2D eigenvalue weighted by Gasteiger charge is -2.28. The summed E-state index contributed by atoms with van der Waals surface area (Å²) in [4.78, 5) is 13.3. The highest BCUT2D eigenvalue weighted by atomic mass is 16.2. The van der Waals surface area contributed by atoms with Crippen molar-refractivity contribution in [3.05, 3.63) is 0 Å². The summed E-state index contributed by atoms with van der Waals surface area (Å²) in [5.41, 5.74) is 0. The lowest BCUT2D eigenvalue weighted by molar-refractivity contribution is -0.134. The number of hydrogen-bond acceptors (Lipinski definition) is 2. The average Bonchev–Trinajstić information content (AvgIpc) is 2.16. The van der Waals surface area contributed by atoms with Gasteiger partial charge in [0.2, 0.25) is 5.91 Å². The van der Waals surface area contributed by atoms with Gasteiger partial charge in [-0.1, -0.05) is 13.3 Å². The summed E-state index contributed by atoms with van der Waals surface area (Å²) >= 11 is 0. The Morgan fingerprint density at radius 2 is 2.46 bits per heavy atom. The van der Waals surface area contributed by atoms with Crippen LogP contribution in [-0.2, 0) is 4.79 Å². The van der Waals surface area contributed by atoms with Gasteiger partial charge in [0.1, 0.15) is 0 Å². The molecule has 0 saturated carbocycles. The molecule has 72 valence electrons. The largest absolute Gasteiger partial charge is 0.343 e. The highest BCUT2D eigenvalue weighted by Gasteiger charge is 2.24. The first-order chi connectivity index (χ1) is 6.27. The minimum atomic E-state index is -0.0367. The molecule has 0 aromatic rings. The van der Waals surface area contributed by atoms with Gasteiger partial charge in [-0.2, -0.15) is 5.26 Å². The minimum absolute atomic E-state index is 0.0367. The zero-order valence-corrected chi connectivity index (χ0v) is 8.12. The van der Waals surface area contributed by atoms with Crippen molar-refractivity contribution >= 4 is 5.91 Å². The van der Waals surface area contributed by atoms with Crippen LogP contribution in [-0.4, -0.2) is 23.9 Å². The van der Waals surface area contributed by atoms with Gasteiger partial charge >= 0.3 is 0 Å². The van der Waals surface area contributed by atoms with Gasteiger partial charge in [-0.15, -0.1) is 0 Å². The molecule has 1 unspecified atom stereocenters. The fourth-order valence-electron chi connectivity index (χ4n) is 1.57. The molecule has 3 heteroatoms. The third kappa shape index (κ3) is 2.73. The highest BCUT2D eigenvalue weighted by Crippen LogP contribution is 2.17. The van der Waals surface area contributed by atoms with Crippen molar-refractivity contribution in [2.24, 2.45) is 5.92 Å². The van der Waals surface area contributed by atoms with Gasteiger partial charge in [-0.05, 0) is 12.8 Å². The van der Waals surface area contributed by atoms with Crippen LogP contribution in [0.1, 0.15) is 32.6 Å². The molecule has 1 rings (SSSR count). The van der Waals surface area contributed by atoms with E-state index in [1.54, 1.807) is 0 Å². The lowest BCUT2D eigenvalue weighted by atomic mass is 9.98. The molecule has 0 aliphatic carbocycles. The first-order valence-electron chi connectivity index (χ1n) is 4.95. The topological polar surface area (TPSA) is 44.1 Å². The van der Waals surface area contributed by atoms with Gasteiger partial charge in [0.25, 0.3) is 0 Å². The molecular formula is C10H16N2O. The zero-order chi connectivity index (χ0) is 9.68. The van der Waals surface area contributed by atoms with Crippen LogP contribution in [0.25, 0.3) is 0 Å². The van der Waals surface area contributed by atoms with E-state index in [4.69, 9.17) is 5.26 Å². The van der Waals surface area contributed by atoms with Crippen LogP contribution in [0.5, 0.6) is 0 Å². The van der Waals surface area contributed by atoms with E-state index in [0.717, 1.165) is 32.4 Å². The molecule has 13 heavy (non-hydrogen) atoms. The Morgan fingerprint density at radius 3 is 3.00 bits per heavy atom. The van der Waals surface area contributed by atoms with Gasteiger partial charge in [-0.25, -0.2) is 0 Å². The molecule has 0 radical (unpaired) electrons. The average molecular weight is 180 g/mol. The van der Waals surface area contributed by atoms with Crippen LogP contribution in [0.15, 0.2) is 0 Å². The maximum atomic E-state index is 11.4. The molecule has 3 nitrogen and oxygen atoms in total. The summed E-state index contributed by atoms with van der Waals surface area (Å²) < 4.78 is 0. The standard InChI is InChI=1S/C10H16N2O/c1-2-3-5-12-6-4-9(8-11)7-10(12)13/h9H,2-7H2,1H3. The predicted octanol–water partition coefficient (Wildman–Crippen LogP) is 1.55. The summed E-state index contributed by atoms with van der Waals surface area (Å²) in [6.45, 7) is 3.76. The summed E-state index contributed by atoms with van der Waals surface area (Å²) in [5, 5.41) is 8.65. The minimum Gasteiger partial charge on any atom is -0.343 e. The maximum absolute atomic E-state index is 11.4. The molecule has 0 spiro atoms. The zero-order valence-electron chi connectivity index (χ0n) is 8.12. The molecular weight excluding hydrogens is 164 g/mol. The van der Waals surface area contributed by atoms with E-state index in [9.17, 15) is 4.79 Å². The van der Waals surface area contributed by atoms with Gasteiger partial charge in [0, 0.05) is 19.5 Å². The second kappa shape index (κ2) is 4.86.